The van der Waals surface area contributed by atoms with Crippen molar-refractivity contribution in [2.24, 2.45) is 5.10 Å². The quantitative estimate of drug-likeness (QED) is 0.0910. The summed E-state index contributed by atoms with van der Waals surface area (Å²) >= 11 is 5.34. The highest BCUT2D eigenvalue weighted by atomic mass is 32.1. The van der Waals surface area contributed by atoms with Crippen LogP contribution in [-0.2, 0) is 14.3 Å². The Balaban J connectivity index is 1.24. The van der Waals surface area contributed by atoms with Crippen LogP contribution in [-0.4, -0.2) is 41.0 Å². The molecule has 3 N–H and O–H groups in total. The fourth-order valence-corrected chi connectivity index (χ4v) is 5.63. The average Bonchev–Trinajstić information content (AvgIpc) is 3.32. The van der Waals surface area contributed by atoms with Crippen molar-refractivity contribution in [3.63, 3.8) is 0 Å². The number of nitrogens with zero attached hydrogens (tertiary/aromatic N) is 2. The van der Waals surface area contributed by atoms with E-state index < -0.39 is 17.9 Å². The minimum Gasteiger partial charge on any atom is -0.483 e. The predicted octanol–water partition coefficient (Wildman–Crippen LogP) is 5.65. The van der Waals surface area contributed by atoms with Crippen molar-refractivity contribution in [1.29, 1.82) is 0 Å². The molecule has 0 radical (unpaired) electrons. The van der Waals surface area contributed by atoms with Crippen LogP contribution in [0.15, 0.2) is 101 Å². The number of ether oxygens (including phenoxy) is 2. The van der Waals surface area contributed by atoms with Crippen LogP contribution in [0.3, 0.4) is 0 Å². The third-order valence-corrected chi connectivity index (χ3v) is 7.67. The number of aryl methyl sites for hydroxylation is 1. The first-order valence-electron chi connectivity index (χ1n) is 14.6. The molecule has 0 saturated heterocycles. The van der Waals surface area contributed by atoms with Gasteiger partial charge in [0.05, 0.1) is 24.4 Å². The van der Waals surface area contributed by atoms with Gasteiger partial charge in [0.1, 0.15) is 5.75 Å². The number of carbonyl (C=O) groups excluding carboxylic acids is 2. The van der Waals surface area contributed by atoms with E-state index in [-0.39, 0.29) is 13.2 Å². The van der Waals surface area contributed by atoms with Gasteiger partial charge >= 0.3 is 5.97 Å². The van der Waals surface area contributed by atoms with Crippen molar-refractivity contribution in [3.05, 3.63) is 119 Å². The third kappa shape index (κ3) is 7.13. The number of carbonyl (C=O) groups is 2. The van der Waals surface area contributed by atoms with E-state index in [1.54, 1.807) is 32.2 Å². The van der Waals surface area contributed by atoms with Crippen LogP contribution in [0.2, 0.25) is 0 Å². The number of thiocarbonyl (C=S) groups is 1. The molecule has 1 aliphatic rings. The molecule has 9 nitrogen and oxygen atoms in total. The van der Waals surface area contributed by atoms with Gasteiger partial charge in [-0.15, -0.1) is 0 Å². The standard InChI is InChI=1S/C35H35N5O4S/c1-5-43-34(42)32-23(3)37-35(45)38-33(32)29-13-9-10-14-30(29)44-21-31(41)39-36-20-27-19-22(2)40(24(27)4)28-17-15-26(16-18-28)25-11-7-6-8-12-25/h6-20,33H,5,21H2,1-4H3,(H,39,41)(H2,37,38,45)/t33-/m1/s1. The van der Waals surface area contributed by atoms with E-state index in [9.17, 15) is 9.59 Å². The second-order valence-electron chi connectivity index (χ2n) is 10.5. The first-order valence-corrected chi connectivity index (χ1v) is 15.0. The molecule has 0 saturated carbocycles. The molecule has 3 aromatic carbocycles. The van der Waals surface area contributed by atoms with Gasteiger partial charge in [-0.25, -0.2) is 10.2 Å². The van der Waals surface area contributed by atoms with Gasteiger partial charge in [0.2, 0.25) is 0 Å². The first kappa shape index (κ1) is 31.2. The molecule has 1 atom stereocenters. The summed E-state index contributed by atoms with van der Waals surface area (Å²) in [4.78, 5) is 25.5. The molecular weight excluding hydrogens is 586 g/mol. The smallest absolute Gasteiger partial charge is 0.338 e. The number of hydrazone groups is 1. The Kier molecular flexibility index (Phi) is 9.74. The minimum atomic E-state index is -0.611. The molecule has 45 heavy (non-hydrogen) atoms. The molecular formula is C35H35N5O4S. The number of hydrogen-bond acceptors (Lipinski definition) is 6. The van der Waals surface area contributed by atoms with E-state index in [4.69, 9.17) is 21.7 Å². The van der Waals surface area contributed by atoms with Crippen LogP contribution in [0.5, 0.6) is 5.75 Å². The summed E-state index contributed by atoms with van der Waals surface area (Å²) in [5.74, 6) is -0.472. The highest BCUT2D eigenvalue weighted by Crippen LogP contribution is 2.33. The van der Waals surface area contributed by atoms with E-state index in [0.29, 0.717) is 27.7 Å². The number of para-hydroxylation sites is 1. The number of esters is 1. The number of aromatic nitrogens is 1. The predicted molar refractivity (Wildman–Crippen MR) is 179 cm³/mol. The molecule has 0 aliphatic carbocycles. The fraction of sp³-hybridized carbons (Fsp3) is 0.200. The Morgan fingerprint density at radius 1 is 0.978 bits per heavy atom. The largest absolute Gasteiger partial charge is 0.483 e. The zero-order valence-electron chi connectivity index (χ0n) is 25.6. The van der Waals surface area contributed by atoms with E-state index in [2.05, 4.69) is 62.1 Å². The molecule has 5 rings (SSSR count). The monoisotopic (exact) mass is 621 g/mol. The summed E-state index contributed by atoms with van der Waals surface area (Å²) in [6.45, 7) is 7.51. The van der Waals surface area contributed by atoms with E-state index in [0.717, 1.165) is 28.2 Å². The molecule has 0 bridgehead atoms. The third-order valence-electron chi connectivity index (χ3n) is 7.45. The number of allylic oxidation sites excluding steroid dienone is 1. The Morgan fingerprint density at radius 3 is 2.40 bits per heavy atom. The van der Waals surface area contributed by atoms with Gasteiger partial charge < -0.3 is 24.7 Å². The summed E-state index contributed by atoms with van der Waals surface area (Å²) in [5.41, 5.74) is 10.5. The number of amides is 1. The Bertz CT molecular complexity index is 1780. The summed E-state index contributed by atoms with van der Waals surface area (Å²) in [7, 11) is 0. The second-order valence-corrected chi connectivity index (χ2v) is 10.9. The number of nitrogens with one attached hydrogen (secondary N) is 3. The fourth-order valence-electron chi connectivity index (χ4n) is 5.36. The van der Waals surface area contributed by atoms with Crippen LogP contribution in [0.1, 0.15) is 42.4 Å². The van der Waals surface area contributed by atoms with Crippen molar-refractivity contribution in [2.75, 3.05) is 13.2 Å². The molecule has 0 unspecified atom stereocenters. The number of benzene rings is 3. The van der Waals surface area contributed by atoms with Crippen molar-refractivity contribution in [1.82, 2.24) is 20.6 Å². The van der Waals surface area contributed by atoms with Gasteiger partial charge in [-0.3, -0.25) is 4.79 Å². The molecule has 230 valence electrons. The molecule has 2 heterocycles. The van der Waals surface area contributed by atoms with Gasteiger partial charge in [0.15, 0.2) is 11.7 Å². The Labute approximate surface area is 267 Å². The Hall–Kier alpha value is -5.22. The SMILES string of the molecule is CCOC(=O)C1=C(C)NC(=S)N[C@@H]1c1ccccc1OCC(=O)NN=Cc1cc(C)n(-c2ccc(-c3ccccc3)cc2)c1C. The van der Waals surface area contributed by atoms with Crippen LogP contribution in [0.4, 0.5) is 0 Å². The van der Waals surface area contributed by atoms with Gasteiger partial charge in [-0.2, -0.15) is 5.10 Å². The lowest BCUT2D eigenvalue weighted by atomic mass is 9.95. The summed E-state index contributed by atoms with van der Waals surface area (Å²) in [6, 6.07) is 27.3. The van der Waals surface area contributed by atoms with Gasteiger partial charge in [0.25, 0.3) is 5.91 Å². The molecule has 0 spiro atoms. The Morgan fingerprint density at radius 2 is 1.67 bits per heavy atom. The molecule has 1 aromatic heterocycles. The van der Waals surface area contributed by atoms with Crippen molar-refractivity contribution < 1.29 is 19.1 Å². The maximum atomic E-state index is 12.8. The average molecular weight is 622 g/mol. The molecule has 10 heteroatoms. The lowest BCUT2D eigenvalue weighted by molar-refractivity contribution is -0.139. The maximum absolute atomic E-state index is 12.8. The lowest BCUT2D eigenvalue weighted by Crippen LogP contribution is -2.45. The second kappa shape index (κ2) is 14.0. The van der Waals surface area contributed by atoms with Crippen LogP contribution >= 0.6 is 12.2 Å². The van der Waals surface area contributed by atoms with Gasteiger partial charge in [-0.05, 0) is 75.3 Å². The molecule has 1 aliphatic heterocycles. The minimum absolute atomic E-state index is 0.233. The summed E-state index contributed by atoms with van der Waals surface area (Å²) in [5, 5.41) is 10.7. The highest BCUT2D eigenvalue weighted by Gasteiger charge is 2.32. The van der Waals surface area contributed by atoms with E-state index >= 15 is 0 Å². The van der Waals surface area contributed by atoms with Crippen molar-refractivity contribution in [2.45, 2.75) is 33.7 Å². The van der Waals surface area contributed by atoms with Crippen molar-refractivity contribution >= 4 is 35.4 Å². The topological polar surface area (TPSA) is 106 Å². The number of hydrogen-bond donors (Lipinski definition) is 3. The number of rotatable bonds is 10. The van der Waals surface area contributed by atoms with Crippen LogP contribution in [0, 0.1) is 13.8 Å². The lowest BCUT2D eigenvalue weighted by Gasteiger charge is -2.30. The molecule has 4 aromatic rings. The normalized spacial score (nSPS) is 14.6. The highest BCUT2D eigenvalue weighted by molar-refractivity contribution is 7.80. The van der Waals surface area contributed by atoms with E-state index in [1.165, 1.54) is 5.56 Å². The molecule has 0 fully saturated rings. The zero-order chi connectivity index (χ0) is 31.9. The van der Waals surface area contributed by atoms with Crippen LogP contribution in [0.25, 0.3) is 16.8 Å². The van der Waals surface area contributed by atoms with Crippen molar-refractivity contribution in [3.8, 4) is 22.6 Å². The molecule has 1 amide bonds. The summed E-state index contributed by atoms with van der Waals surface area (Å²) in [6.07, 6.45) is 1.63. The first-order chi connectivity index (χ1) is 21.8. The van der Waals surface area contributed by atoms with Gasteiger partial charge in [-0.1, -0.05) is 60.7 Å². The zero-order valence-corrected chi connectivity index (χ0v) is 26.4. The van der Waals surface area contributed by atoms with Crippen LogP contribution < -0.4 is 20.8 Å². The van der Waals surface area contributed by atoms with E-state index in [1.807, 2.05) is 50.2 Å². The maximum Gasteiger partial charge on any atom is 0.338 e. The summed E-state index contributed by atoms with van der Waals surface area (Å²) < 4.78 is 13.3. The van der Waals surface area contributed by atoms with Gasteiger partial charge in [0, 0.05) is 33.9 Å².